The summed E-state index contributed by atoms with van der Waals surface area (Å²) in [7, 11) is 0. The molecule has 0 fully saturated rings. The second-order valence-corrected chi connectivity index (χ2v) is 2.72. The van der Waals surface area contributed by atoms with E-state index in [0.717, 1.165) is 4.68 Å². The number of alkyl halides is 3. The van der Waals surface area contributed by atoms with Gasteiger partial charge < -0.3 is 5.73 Å². The van der Waals surface area contributed by atoms with Gasteiger partial charge in [0.1, 0.15) is 6.54 Å². The van der Waals surface area contributed by atoms with Gasteiger partial charge in [-0.1, -0.05) is 5.21 Å². The fraction of sp³-hybridized carbons (Fsp3) is 0.667. The summed E-state index contributed by atoms with van der Waals surface area (Å²) >= 11 is 0. The molecule has 0 spiro atoms. The second-order valence-electron chi connectivity index (χ2n) is 2.72. The van der Waals surface area contributed by atoms with Crippen LogP contribution in [0.3, 0.4) is 0 Å². The number of nitrogens with zero attached hydrogens (tertiary/aromatic N) is 3. The summed E-state index contributed by atoms with van der Waals surface area (Å²) in [6.45, 7) is 0.426. The highest BCUT2D eigenvalue weighted by Gasteiger charge is 2.29. The van der Waals surface area contributed by atoms with E-state index in [0.29, 0.717) is 0 Å². The van der Waals surface area contributed by atoms with Gasteiger partial charge in [-0.2, -0.15) is 13.2 Å². The predicted octanol–water partition coefficient (Wildman–Crippen LogP) is 0.860. The molecule has 1 aromatic heterocycles. The molecule has 1 unspecified atom stereocenters. The van der Waals surface area contributed by atoms with Crippen molar-refractivity contribution >= 4 is 0 Å². The van der Waals surface area contributed by atoms with Gasteiger partial charge in [-0.3, -0.25) is 0 Å². The van der Waals surface area contributed by atoms with Crippen molar-refractivity contribution in [1.29, 1.82) is 0 Å². The molecule has 0 aliphatic carbocycles. The Balaban J connectivity index is 2.83. The number of halogens is 3. The van der Waals surface area contributed by atoms with Crippen LogP contribution in [0.5, 0.6) is 0 Å². The Morgan fingerprint density at radius 2 is 2.23 bits per heavy atom. The zero-order chi connectivity index (χ0) is 10.1. The lowest BCUT2D eigenvalue weighted by Crippen LogP contribution is -2.22. The van der Waals surface area contributed by atoms with Crippen molar-refractivity contribution in [2.45, 2.75) is 25.7 Å². The van der Waals surface area contributed by atoms with E-state index in [-0.39, 0.29) is 5.69 Å². The highest BCUT2D eigenvalue weighted by molar-refractivity contribution is 4.99. The van der Waals surface area contributed by atoms with Crippen molar-refractivity contribution in [3.8, 4) is 0 Å². The molecule has 1 atom stereocenters. The first-order valence-corrected chi connectivity index (χ1v) is 3.61. The van der Waals surface area contributed by atoms with Gasteiger partial charge in [0.15, 0.2) is 0 Å². The standard InChI is InChI=1S/C6H9F3N4/c1-4(10)5-2-11-12-13(5)3-6(7,8)9/h2,4H,3,10H2,1H3. The molecule has 0 aromatic carbocycles. The van der Waals surface area contributed by atoms with Crippen LogP contribution in [0.1, 0.15) is 18.7 Å². The number of aromatic nitrogens is 3. The van der Waals surface area contributed by atoms with Gasteiger partial charge in [0.25, 0.3) is 0 Å². The molecule has 0 radical (unpaired) electrons. The maximum atomic E-state index is 11.9. The third kappa shape index (κ3) is 2.69. The van der Waals surface area contributed by atoms with Gasteiger partial charge in [-0.15, -0.1) is 5.10 Å². The van der Waals surface area contributed by atoms with Crippen molar-refractivity contribution in [2.24, 2.45) is 5.73 Å². The zero-order valence-electron chi connectivity index (χ0n) is 6.91. The van der Waals surface area contributed by atoms with E-state index in [4.69, 9.17) is 5.73 Å². The van der Waals surface area contributed by atoms with Crippen LogP contribution in [-0.4, -0.2) is 21.2 Å². The molecule has 2 N–H and O–H groups in total. The van der Waals surface area contributed by atoms with Crippen molar-refractivity contribution in [1.82, 2.24) is 15.0 Å². The predicted molar refractivity (Wildman–Crippen MR) is 38.7 cm³/mol. The maximum absolute atomic E-state index is 11.9. The van der Waals surface area contributed by atoms with E-state index >= 15 is 0 Å². The Morgan fingerprint density at radius 3 is 2.69 bits per heavy atom. The molecule has 4 nitrogen and oxygen atoms in total. The van der Waals surface area contributed by atoms with E-state index < -0.39 is 18.8 Å². The second kappa shape index (κ2) is 3.33. The fourth-order valence-electron chi connectivity index (χ4n) is 0.911. The lowest BCUT2D eigenvalue weighted by atomic mass is 10.3. The molecule has 0 amide bonds. The van der Waals surface area contributed by atoms with E-state index in [2.05, 4.69) is 10.3 Å². The van der Waals surface area contributed by atoms with Gasteiger partial charge in [0.05, 0.1) is 11.9 Å². The Kier molecular flexibility index (Phi) is 2.55. The summed E-state index contributed by atoms with van der Waals surface area (Å²) < 4.78 is 36.6. The topological polar surface area (TPSA) is 56.7 Å². The smallest absolute Gasteiger partial charge is 0.323 e. The van der Waals surface area contributed by atoms with Gasteiger partial charge in [0.2, 0.25) is 0 Å². The highest BCUT2D eigenvalue weighted by atomic mass is 19.4. The Labute approximate surface area is 72.5 Å². The van der Waals surface area contributed by atoms with E-state index in [1.54, 1.807) is 6.92 Å². The van der Waals surface area contributed by atoms with Gasteiger partial charge in [0, 0.05) is 6.04 Å². The van der Waals surface area contributed by atoms with Crippen LogP contribution < -0.4 is 5.73 Å². The summed E-state index contributed by atoms with van der Waals surface area (Å²) in [6, 6.07) is -0.502. The van der Waals surface area contributed by atoms with Crippen LogP contribution in [0.25, 0.3) is 0 Å². The van der Waals surface area contributed by atoms with Crippen molar-refractivity contribution in [2.75, 3.05) is 0 Å². The van der Waals surface area contributed by atoms with E-state index in [1.807, 2.05) is 0 Å². The summed E-state index contributed by atoms with van der Waals surface area (Å²) in [6.07, 6.45) is -3.06. The van der Waals surface area contributed by atoms with Gasteiger partial charge >= 0.3 is 6.18 Å². The normalized spacial score (nSPS) is 14.5. The molecule has 1 aromatic rings. The Bertz CT molecular complexity index is 278. The lowest BCUT2D eigenvalue weighted by molar-refractivity contribution is -0.143. The minimum absolute atomic E-state index is 0.275. The molecule has 0 saturated heterocycles. The minimum atomic E-state index is -4.29. The maximum Gasteiger partial charge on any atom is 0.408 e. The number of nitrogens with two attached hydrogens (primary N) is 1. The summed E-state index contributed by atoms with van der Waals surface area (Å²) in [5.41, 5.74) is 5.68. The summed E-state index contributed by atoms with van der Waals surface area (Å²) in [5.74, 6) is 0. The lowest BCUT2D eigenvalue weighted by Gasteiger charge is -2.10. The van der Waals surface area contributed by atoms with Crippen LogP contribution in [0.2, 0.25) is 0 Å². The molecule has 13 heavy (non-hydrogen) atoms. The molecular formula is C6H9F3N4. The van der Waals surface area contributed by atoms with Gasteiger partial charge in [-0.05, 0) is 6.92 Å². The Morgan fingerprint density at radius 1 is 1.62 bits per heavy atom. The van der Waals surface area contributed by atoms with Crippen molar-refractivity contribution in [3.63, 3.8) is 0 Å². The quantitative estimate of drug-likeness (QED) is 0.759. The largest absolute Gasteiger partial charge is 0.408 e. The number of rotatable bonds is 2. The molecule has 0 aliphatic heterocycles. The number of hydrogen-bond acceptors (Lipinski definition) is 3. The first-order chi connectivity index (χ1) is 5.90. The molecular weight excluding hydrogens is 185 g/mol. The van der Waals surface area contributed by atoms with E-state index in [9.17, 15) is 13.2 Å². The molecule has 1 rings (SSSR count). The van der Waals surface area contributed by atoms with Crippen LogP contribution in [0, 0.1) is 0 Å². The summed E-state index contributed by atoms with van der Waals surface area (Å²) in [5, 5.41) is 6.65. The van der Waals surface area contributed by atoms with Crippen LogP contribution in [-0.2, 0) is 6.54 Å². The third-order valence-corrected chi connectivity index (χ3v) is 1.44. The fourth-order valence-corrected chi connectivity index (χ4v) is 0.911. The molecule has 1 heterocycles. The first-order valence-electron chi connectivity index (χ1n) is 3.61. The van der Waals surface area contributed by atoms with Crippen LogP contribution in [0.15, 0.2) is 6.20 Å². The van der Waals surface area contributed by atoms with Crippen LogP contribution >= 0.6 is 0 Å². The number of hydrogen-bond donors (Lipinski definition) is 1. The molecule has 0 bridgehead atoms. The Hall–Kier alpha value is -1.11. The first kappa shape index (κ1) is 9.97. The average molecular weight is 194 g/mol. The van der Waals surface area contributed by atoms with Crippen LogP contribution in [0.4, 0.5) is 13.2 Å². The molecule has 7 heteroatoms. The highest BCUT2D eigenvalue weighted by Crippen LogP contribution is 2.19. The molecule has 0 saturated carbocycles. The zero-order valence-corrected chi connectivity index (χ0v) is 6.91. The van der Waals surface area contributed by atoms with Crippen molar-refractivity contribution < 1.29 is 13.2 Å². The van der Waals surface area contributed by atoms with Crippen molar-refractivity contribution in [3.05, 3.63) is 11.9 Å². The summed E-state index contributed by atoms with van der Waals surface area (Å²) in [4.78, 5) is 0. The van der Waals surface area contributed by atoms with E-state index in [1.165, 1.54) is 6.20 Å². The molecule has 0 aliphatic rings. The third-order valence-electron chi connectivity index (χ3n) is 1.44. The minimum Gasteiger partial charge on any atom is -0.323 e. The monoisotopic (exact) mass is 194 g/mol. The average Bonchev–Trinajstić information content (AvgIpc) is 2.31. The van der Waals surface area contributed by atoms with Gasteiger partial charge in [-0.25, -0.2) is 4.68 Å². The SMILES string of the molecule is CC(N)c1cnnn1CC(F)(F)F. The molecule has 74 valence electrons.